The van der Waals surface area contributed by atoms with Crippen molar-refractivity contribution in [2.45, 2.75) is 25.7 Å². The van der Waals surface area contributed by atoms with E-state index in [0.717, 1.165) is 6.42 Å². The molecule has 5 nitrogen and oxygen atoms in total. The molecule has 1 aliphatic heterocycles. The molecule has 1 fully saturated rings. The summed E-state index contributed by atoms with van der Waals surface area (Å²) < 4.78 is 5.72. The molecular weight excluding hydrogens is 354 g/mol. The maximum absolute atomic E-state index is 12.7. The maximum atomic E-state index is 12.7. The van der Waals surface area contributed by atoms with Gasteiger partial charge in [0.1, 0.15) is 6.61 Å². The molecule has 2 unspecified atom stereocenters. The second-order valence-corrected chi connectivity index (χ2v) is 8.01. The van der Waals surface area contributed by atoms with Crippen molar-refractivity contribution in [2.24, 2.45) is 11.8 Å². The average molecular weight is 379 g/mol. The predicted octanol–water partition coefficient (Wildman–Crippen LogP) is 4.37. The lowest BCUT2D eigenvalue weighted by Crippen LogP contribution is -2.44. The number of amides is 1. The summed E-state index contributed by atoms with van der Waals surface area (Å²) in [5.74, 6) is -0.514. The minimum Gasteiger partial charge on any atom is -0.481 e. The van der Waals surface area contributed by atoms with Gasteiger partial charge in [-0.25, -0.2) is 4.79 Å². The number of carbonyl (C=O) groups excluding carboxylic acids is 1. The van der Waals surface area contributed by atoms with E-state index in [4.69, 9.17) is 9.84 Å². The van der Waals surface area contributed by atoms with Crippen LogP contribution in [0.3, 0.4) is 0 Å². The standard InChI is InChI=1S/C23H25NO4/c1-15-10-16(11-22(25)26)13-24(12-15)23(27)28-14-21-19-8-4-2-6-17(19)18-7-3-5-9-20(18)21/h2-9,15-16,21H,10-14H2,1H3,(H,25,26). The molecular formula is C23H25NO4. The maximum Gasteiger partial charge on any atom is 0.409 e. The van der Waals surface area contributed by atoms with Crippen LogP contribution in [0.15, 0.2) is 48.5 Å². The van der Waals surface area contributed by atoms with Gasteiger partial charge in [-0.1, -0.05) is 55.5 Å². The van der Waals surface area contributed by atoms with Gasteiger partial charge in [-0.15, -0.1) is 0 Å². The van der Waals surface area contributed by atoms with Crippen LogP contribution in [0.4, 0.5) is 4.79 Å². The van der Waals surface area contributed by atoms with E-state index in [1.165, 1.54) is 22.3 Å². The number of carboxylic acid groups (broad SMARTS) is 1. The monoisotopic (exact) mass is 379 g/mol. The van der Waals surface area contributed by atoms with Gasteiger partial charge in [0.05, 0.1) is 0 Å². The SMILES string of the molecule is CC1CC(CC(=O)O)CN(C(=O)OCC2c3ccccc3-c3ccccc32)C1. The summed E-state index contributed by atoms with van der Waals surface area (Å²) in [6.07, 6.45) is 0.584. The molecule has 1 aliphatic carbocycles. The van der Waals surface area contributed by atoms with E-state index in [2.05, 4.69) is 31.2 Å². The van der Waals surface area contributed by atoms with Crippen LogP contribution in [0, 0.1) is 11.8 Å². The largest absolute Gasteiger partial charge is 0.481 e. The number of benzene rings is 2. The molecule has 28 heavy (non-hydrogen) atoms. The highest BCUT2D eigenvalue weighted by Crippen LogP contribution is 2.44. The number of carbonyl (C=O) groups is 2. The fraction of sp³-hybridized carbons (Fsp3) is 0.391. The number of ether oxygens (including phenoxy) is 1. The Labute approximate surface area is 164 Å². The topological polar surface area (TPSA) is 66.8 Å². The molecule has 2 atom stereocenters. The Morgan fingerprint density at radius 2 is 1.64 bits per heavy atom. The van der Waals surface area contributed by atoms with Crippen molar-refractivity contribution in [3.63, 3.8) is 0 Å². The zero-order valence-corrected chi connectivity index (χ0v) is 16.0. The molecule has 0 radical (unpaired) electrons. The first-order valence-corrected chi connectivity index (χ1v) is 9.84. The van der Waals surface area contributed by atoms with Crippen LogP contribution in [0.2, 0.25) is 0 Å². The smallest absolute Gasteiger partial charge is 0.409 e. The fourth-order valence-electron chi connectivity index (χ4n) is 4.71. The molecule has 1 heterocycles. The minimum absolute atomic E-state index is 0.0123. The summed E-state index contributed by atoms with van der Waals surface area (Å²) in [7, 11) is 0. The second kappa shape index (κ2) is 7.66. The lowest BCUT2D eigenvalue weighted by atomic mass is 9.88. The van der Waals surface area contributed by atoms with Gasteiger partial charge >= 0.3 is 12.1 Å². The first-order chi connectivity index (χ1) is 13.5. The molecule has 1 N–H and O–H groups in total. The summed E-state index contributed by atoms with van der Waals surface area (Å²) in [4.78, 5) is 25.4. The number of nitrogens with zero attached hydrogens (tertiary/aromatic N) is 1. The Morgan fingerprint density at radius 3 is 2.25 bits per heavy atom. The molecule has 5 heteroatoms. The quantitative estimate of drug-likeness (QED) is 0.857. The number of hydrogen-bond acceptors (Lipinski definition) is 3. The Bertz CT molecular complexity index is 848. The highest BCUT2D eigenvalue weighted by molar-refractivity contribution is 5.79. The molecule has 2 aromatic carbocycles. The molecule has 4 rings (SSSR count). The molecule has 0 spiro atoms. The van der Waals surface area contributed by atoms with Crippen molar-refractivity contribution in [3.8, 4) is 11.1 Å². The summed E-state index contributed by atoms with van der Waals surface area (Å²) in [5, 5.41) is 9.08. The van der Waals surface area contributed by atoms with E-state index in [1.807, 2.05) is 24.3 Å². The normalized spacial score (nSPS) is 21.1. The number of likely N-dealkylation sites (tertiary alicyclic amines) is 1. The molecule has 0 bridgehead atoms. The van der Waals surface area contributed by atoms with Crippen LogP contribution in [-0.4, -0.2) is 41.8 Å². The van der Waals surface area contributed by atoms with Gasteiger partial charge in [-0.05, 0) is 40.5 Å². The lowest BCUT2D eigenvalue weighted by molar-refractivity contribution is -0.138. The van der Waals surface area contributed by atoms with Crippen molar-refractivity contribution in [2.75, 3.05) is 19.7 Å². The Balaban J connectivity index is 1.46. The zero-order valence-electron chi connectivity index (χ0n) is 16.0. The Hall–Kier alpha value is -2.82. The Kier molecular flexibility index (Phi) is 5.07. The third-order valence-electron chi connectivity index (χ3n) is 5.80. The summed E-state index contributed by atoms with van der Waals surface area (Å²) in [6.45, 7) is 3.42. The number of hydrogen-bond donors (Lipinski definition) is 1. The molecule has 0 aromatic heterocycles. The fourth-order valence-corrected chi connectivity index (χ4v) is 4.71. The molecule has 146 valence electrons. The Morgan fingerprint density at radius 1 is 1.04 bits per heavy atom. The third-order valence-corrected chi connectivity index (χ3v) is 5.80. The summed E-state index contributed by atoms with van der Waals surface area (Å²) in [6, 6.07) is 16.5. The van der Waals surface area contributed by atoms with E-state index < -0.39 is 5.97 Å². The zero-order chi connectivity index (χ0) is 19.7. The van der Waals surface area contributed by atoms with Crippen molar-refractivity contribution >= 4 is 12.1 Å². The van der Waals surface area contributed by atoms with Gasteiger partial charge in [0.2, 0.25) is 0 Å². The number of carboxylic acids is 1. The van der Waals surface area contributed by atoms with E-state index in [9.17, 15) is 9.59 Å². The van der Waals surface area contributed by atoms with Gasteiger partial charge in [0, 0.05) is 25.4 Å². The second-order valence-electron chi connectivity index (χ2n) is 8.01. The summed E-state index contributed by atoms with van der Waals surface area (Å²) in [5.41, 5.74) is 4.78. The van der Waals surface area contributed by atoms with E-state index in [-0.39, 0.29) is 30.3 Å². The van der Waals surface area contributed by atoms with Crippen molar-refractivity contribution in [1.29, 1.82) is 0 Å². The van der Waals surface area contributed by atoms with Crippen LogP contribution in [0.5, 0.6) is 0 Å². The van der Waals surface area contributed by atoms with Crippen molar-refractivity contribution in [3.05, 3.63) is 59.7 Å². The lowest BCUT2D eigenvalue weighted by Gasteiger charge is -2.35. The van der Waals surface area contributed by atoms with Crippen molar-refractivity contribution in [1.82, 2.24) is 4.90 Å². The summed E-state index contributed by atoms with van der Waals surface area (Å²) >= 11 is 0. The molecule has 1 saturated heterocycles. The van der Waals surface area contributed by atoms with Crippen LogP contribution < -0.4 is 0 Å². The molecule has 1 amide bonds. The van der Waals surface area contributed by atoms with Gasteiger partial charge in [-0.3, -0.25) is 4.79 Å². The predicted molar refractivity (Wildman–Crippen MR) is 106 cm³/mol. The van der Waals surface area contributed by atoms with Gasteiger partial charge in [0.25, 0.3) is 0 Å². The molecule has 0 saturated carbocycles. The van der Waals surface area contributed by atoms with Crippen LogP contribution >= 0.6 is 0 Å². The number of aliphatic carboxylic acids is 1. The number of rotatable bonds is 4. The van der Waals surface area contributed by atoms with E-state index >= 15 is 0 Å². The highest BCUT2D eigenvalue weighted by atomic mass is 16.6. The minimum atomic E-state index is -0.813. The van der Waals surface area contributed by atoms with Crippen molar-refractivity contribution < 1.29 is 19.4 Å². The highest BCUT2D eigenvalue weighted by Gasteiger charge is 2.32. The first kappa shape index (κ1) is 18.5. The third kappa shape index (κ3) is 3.61. The van der Waals surface area contributed by atoms with Crippen LogP contribution in [0.25, 0.3) is 11.1 Å². The average Bonchev–Trinajstić information content (AvgIpc) is 2.99. The number of piperidine rings is 1. The van der Waals surface area contributed by atoms with Gasteiger partial charge in [0.15, 0.2) is 0 Å². The van der Waals surface area contributed by atoms with E-state index in [0.29, 0.717) is 19.7 Å². The first-order valence-electron chi connectivity index (χ1n) is 9.84. The van der Waals surface area contributed by atoms with Crippen LogP contribution in [0.1, 0.15) is 36.8 Å². The van der Waals surface area contributed by atoms with Gasteiger partial charge in [-0.2, -0.15) is 0 Å². The molecule has 2 aliphatic rings. The van der Waals surface area contributed by atoms with Gasteiger partial charge < -0.3 is 14.7 Å². The van der Waals surface area contributed by atoms with E-state index in [1.54, 1.807) is 4.90 Å². The number of fused-ring (bicyclic) bond motifs is 3. The molecule has 2 aromatic rings. The van der Waals surface area contributed by atoms with Crippen LogP contribution in [-0.2, 0) is 9.53 Å².